The number of hydrogen-bond acceptors (Lipinski definition) is 6. The first-order chi connectivity index (χ1) is 15.2. The van der Waals surface area contributed by atoms with Gasteiger partial charge in [0, 0.05) is 41.2 Å². The topological polar surface area (TPSA) is 102 Å². The van der Waals surface area contributed by atoms with Crippen molar-refractivity contribution in [3.63, 3.8) is 0 Å². The van der Waals surface area contributed by atoms with E-state index in [1.807, 2.05) is 6.92 Å². The maximum atomic E-state index is 12.5. The van der Waals surface area contributed by atoms with Crippen LogP contribution < -0.4 is 10.6 Å². The van der Waals surface area contributed by atoms with Crippen molar-refractivity contribution in [2.45, 2.75) is 70.1 Å². The van der Waals surface area contributed by atoms with Gasteiger partial charge in [0.15, 0.2) is 0 Å². The lowest BCUT2D eigenvalue weighted by molar-refractivity contribution is -0.163. The van der Waals surface area contributed by atoms with Crippen LogP contribution in [0.2, 0.25) is 0 Å². The minimum atomic E-state index is -1.06. The second-order valence-corrected chi connectivity index (χ2v) is 10.8. The summed E-state index contributed by atoms with van der Waals surface area (Å²) in [6.45, 7) is 9.48. The van der Waals surface area contributed by atoms with Gasteiger partial charge >= 0.3 is 5.97 Å². The molecule has 2 fully saturated rings. The van der Waals surface area contributed by atoms with E-state index in [2.05, 4.69) is 48.7 Å². The number of fused-ring (bicyclic) bond motifs is 1. The number of benzene rings is 1. The predicted molar refractivity (Wildman–Crippen MR) is 125 cm³/mol. The van der Waals surface area contributed by atoms with Crippen LogP contribution in [0.1, 0.15) is 51.3 Å². The summed E-state index contributed by atoms with van der Waals surface area (Å²) in [5.74, 6) is -1.95. The van der Waals surface area contributed by atoms with Crippen LogP contribution in [0.4, 0.5) is 0 Å². The third kappa shape index (κ3) is 4.21. The molecule has 1 aromatic rings. The Morgan fingerprint density at radius 3 is 2.56 bits per heavy atom. The van der Waals surface area contributed by atoms with E-state index in [1.54, 1.807) is 18.7 Å². The number of hydrogen-bond donors (Lipinski definition) is 4. The molecule has 0 unspecified atom stereocenters. The number of carboxylic acid groups (broad SMARTS) is 1. The molecule has 3 aliphatic heterocycles. The molecule has 0 bridgehead atoms. The summed E-state index contributed by atoms with van der Waals surface area (Å²) in [5.41, 5.74) is 2.60. The van der Waals surface area contributed by atoms with Gasteiger partial charge in [0.05, 0.1) is 18.1 Å². The van der Waals surface area contributed by atoms with Gasteiger partial charge in [-0.15, -0.1) is 11.8 Å². The molecule has 2 saturated heterocycles. The molecule has 0 saturated carbocycles. The highest BCUT2D eigenvalue weighted by Crippen LogP contribution is 2.52. The van der Waals surface area contributed by atoms with Crippen LogP contribution in [0, 0.1) is 11.8 Å². The van der Waals surface area contributed by atoms with Gasteiger partial charge in [0.1, 0.15) is 5.70 Å². The monoisotopic (exact) mass is 459 g/mol. The fourth-order valence-corrected chi connectivity index (χ4v) is 6.57. The molecule has 3 aliphatic rings. The summed E-state index contributed by atoms with van der Waals surface area (Å²) in [5, 5.41) is 27.1. The minimum Gasteiger partial charge on any atom is -0.477 e. The number of nitrogens with one attached hydrogen (secondary N) is 2. The lowest BCUT2D eigenvalue weighted by Crippen LogP contribution is -2.63. The molecule has 7 nitrogen and oxygen atoms in total. The summed E-state index contributed by atoms with van der Waals surface area (Å²) in [7, 11) is 0. The normalized spacial score (nSPS) is 30.6. The molecule has 0 spiro atoms. The van der Waals surface area contributed by atoms with Gasteiger partial charge in [-0.25, -0.2) is 4.79 Å². The molecule has 8 heteroatoms. The summed E-state index contributed by atoms with van der Waals surface area (Å²) >= 11 is 1.59. The number of rotatable bonds is 8. The van der Waals surface area contributed by atoms with Crippen LogP contribution in [0.3, 0.4) is 0 Å². The van der Waals surface area contributed by atoms with E-state index in [9.17, 15) is 19.8 Å². The first kappa shape index (κ1) is 23.3. The lowest BCUT2D eigenvalue weighted by Gasteiger charge is -2.46. The zero-order valence-electron chi connectivity index (χ0n) is 19.0. The fraction of sp³-hybridized carbons (Fsp3) is 0.583. The van der Waals surface area contributed by atoms with E-state index in [0.29, 0.717) is 6.04 Å². The summed E-state index contributed by atoms with van der Waals surface area (Å²) in [6.07, 6.45) is 0.123. The van der Waals surface area contributed by atoms with E-state index < -0.39 is 18.0 Å². The van der Waals surface area contributed by atoms with Crippen molar-refractivity contribution >= 4 is 23.6 Å². The maximum Gasteiger partial charge on any atom is 0.353 e. The van der Waals surface area contributed by atoms with E-state index in [-0.39, 0.29) is 34.9 Å². The Balaban J connectivity index is 1.43. The van der Waals surface area contributed by atoms with Crippen LogP contribution >= 0.6 is 11.8 Å². The molecule has 1 aromatic carbocycles. The lowest BCUT2D eigenvalue weighted by atomic mass is 9.79. The molecule has 6 atom stereocenters. The van der Waals surface area contributed by atoms with Crippen molar-refractivity contribution in [2.24, 2.45) is 11.8 Å². The SMILES string of the molecule is CC(C)NCc1ccc([C@H]2C[C@H](SC3=C(C(=O)O)N4C(=O)[C@H]([C@@H](C)O)[C@H]4[C@H]3C)CN2)cc1. The van der Waals surface area contributed by atoms with Crippen molar-refractivity contribution < 1.29 is 19.8 Å². The van der Waals surface area contributed by atoms with Gasteiger partial charge in [-0.05, 0) is 24.5 Å². The molecule has 0 aliphatic carbocycles. The Bertz CT molecular complexity index is 914. The van der Waals surface area contributed by atoms with Crippen molar-refractivity contribution in [1.82, 2.24) is 15.5 Å². The summed E-state index contributed by atoms with van der Waals surface area (Å²) < 4.78 is 0. The van der Waals surface area contributed by atoms with Gasteiger partial charge in [-0.3, -0.25) is 4.79 Å². The third-order valence-electron chi connectivity index (χ3n) is 6.79. The molecule has 0 aromatic heterocycles. The van der Waals surface area contributed by atoms with Crippen LogP contribution in [0.25, 0.3) is 0 Å². The van der Waals surface area contributed by atoms with Gasteiger partial charge in [0.25, 0.3) is 0 Å². The molecular weight excluding hydrogens is 426 g/mol. The number of amides is 1. The Hall–Kier alpha value is -1.87. The highest BCUT2D eigenvalue weighted by molar-refractivity contribution is 8.03. The standard InChI is InChI=1S/C24H33N3O4S/c1-12(2)25-10-15-5-7-16(8-6-15)18-9-17(11-26-18)32-22-13(3)20-19(14(4)28)23(29)27(20)21(22)24(30)31/h5-8,12-14,17-20,25-26,28H,9-11H2,1-4H3,(H,30,31)/t13-,14-,17+,18-,19-,20-/m1/s1. The number of carbonyl (C=O) groups excluding carboxylic acids is 1. The van der Waals surface area contributed by atoms with Gasteiger partial charge in [0.2, 0.25) is 5.91 Å². The number of thioether (sulfide) groups is 1. The first-order valence-electron chi connectivity index (χ1n) is 11.4. The Labute approximate surface area is 193 Å². The second-order valence-electron chi connectivity index (χ2n) is 9.49. The molecule has 174 valence electrons. The fourth-order valence-electron chi connectivity index (χ4n) is 5.09. The van der Waals surface area contributed by atoms with Crippen LogP contribution in [0.15, 0.2) is 34.9 Å². The zero-order chi connectivity index (χ0) is 23.2. The number of aliphatic carboxylic acids is 1. The molecule has 0 radical (unpaired) electrons. The molecule has 4 N–H and O–H groups in total. The molecular formula is C24H33N3O4S. The average molecular weight is 460 g/mol. The number of carbonyl (C=O) groups is 2. The van der Waals surface area contributed by atoms with Crippen molar-refractivity contribution in [1.29, 1.82) is 0 Å². The smallest absolute Gasteiger partial charge is 0.353 e. The van der Waals surface area contributed by atoms with E-state index in [4.69, 9.17) is 0 Å². The van der Waals surface area contributed by atoms with Crippen molar-refractivity contribution in [3.05, 3.63) is 46.0 Å². The van der Waals surface area contributed by atoms with Crippen molar-refractivity contribution in [3.8, 4) is 0 Å². The van der Waals surface area contributed by atoms with Crippen LogP contribution in [-0.4, -0.2) is 57.0 Å². The first-order valence-corrected chi connectivity index (χ1v) is 12.3. The van der Waals surface area contributed by atoms with Crippen molar-refractivity contribution in [2.75, 3.05) is 6.54 Å². The van der Waals surface area contributed by atoms with E-state index >= 15 is 0 Å². The Kier molecular flexibility index (Phi) is 6.68. The number of carboxylic acids is 1. The van der Waals surface area contributed by atoms with Crippen LogP contribution in [-0.2, 0) is 16.1 Å². The van der Waals surface area contributed by atoms with Gasteiger partial charge < -0.3 is 25.7 Å². The Morgan fingerprint density at radius 2 is 1.97 bits per heavy atom. The molecule has 4 rings (SSSR count). The Morgan fingerprint density at radius 1 is 1.28 bits per heavy atom. The predicted octanol–water partition coefficient (Wildman–Crippen LogP) is 2.47. The highest BCUT2D eigenvalue weighted by Gasteiger charge is 2.60. The summed E-state index contributed by atoms with van der Waals surface area (Å²) in [4.78, 5) is 26.7. The van der Waals surface area contributed by atoms with E-state index in [1.165, 1.54) is 16.0 Å². The van der Waals surface area contributed by atoms with E-state index in [0.717, 1.165) is 24.4 Å². The second kappa shape index (κ2) is 9.17. The highest BCUT2D eigenvalue weighted by atomic mass is 32.2. The molecule has 1 amide bonds. The average Bonchev–Trinajstić information content (AvgIpc) is 3.29. The summed E-state index contributed by atoms with van der Waals surface area (Å²) in [6, 6.07) is 9.07. The zero-order valence-corrected chi connectivity index (χ0v) is 19.9. The number of aliphatic hydroxyl groups excluding tert-OH is 1. The van der Waals surface area contributed by atoms with Gasteiger partial charge in [-0.2, -0.15) is 0 Å². The molecule has 3 heterocycles. The number of aliphatic hydroxyl groups is 1. The minimum absolute atomic E-state index is 0.0878. The molecule has 32 heavy (non-hydrogen) atoms. The quantitative estimate of drug-likeness (QED) is 0.443. The van der Waals surface area contributed by atoms with Crippen LogP contribution in [0.5, 0.6) is 0 Å². The maximum absolute atomic E-state index is 12.5. The third-order valence-corrected chi connectivity index (χ3v) is 8.30. The largest absolute Gasteiger partial charge is 0.477 e. The number of nitrogens with zero attached hydrogens (tertiary/aromatic N) is 1. The van der Waals surface area contributed by atoms with Gasteiger partial charge in [-0.1, -0.05) is 45.0 Å². The number of β-lactam (4-membered cyclic amide) rings is 1.